The largest absolute Gasteiger partial charge is 0.378 e. The minimum Gasteiger partial charge on any atom is -0.378 e. The van der Waals surface area contributed by atoms with E-state index in [1.165, 1.54) is 0 Å². The molecule has 0 amide bonds. The van der Waals surface area contributed by atoms with E-state index in [1.807, 2.05) is 29.3 Å². The first-order valence-corrected chi connectivity index (χ1v) is 6.43. The lowest BCUT2D eigenvalue weighted by Gasteiger charge is -2.07. The number of anilines is 1. The van der Waals surface area contributed by atoms with Gasteiger partial charge in [0.15, 0.2) is 5.65 Å². The number of aromatic nitrogens is 4. The van der Waals surface area contributed by atoms with Gasteiger partial charge < -0.3 is 10.3 Å². The maximum absolute atomic E-state index is 4.49. The van der Waals surface area contributed by atoms with Crippen molar-refractivity contribution in [3.63, 3.8) is 0 Å². The van der Waals surface area contributed by atoms with Crippen LogP contribution in [0.4, 0.5) is 5.69 Å². The van der Waals surface area contributed by atoms with E-state index in [-0.39, 0.29) is 0 Å². The maximum atomic E-state index is 4.49. The summed E-state index contributed by atoms with van der Waals surface area (Å²) in [4.78, 5) is 7.65. The molecule has 3 aromatic heterocycles. The Morgan fingerprint density at radius 2 is 2.26 bits per heavy atom. The number of H-pyrrole nitrogens is 1. The summed E-state index contributed by atoms with van der Waals surface area (Å²) in [6.45, 7) is 4.97. The molecular formula is C14H17N5. The Morgan fingerprint density at radius 1 is 1.37 bits per heavy atom. The molecule has 3 rings (SSSR count). The average Bonchev–Trinajstić information content (AvgIpc) is 3.05. The van der Waals surface area contributed by atoms with Gasteiger partial charge >= 0.3 is 0 Å². The van der Waals surface area contributed by atoms with Gasteiger partial charge in [0.25, 0.3) is 0 Å². The highest BCUT2D eigenvalue weighted by Crippen LogP contribution is 2.19. The molecule has 0 aliphatic rings. The van der Waals surface area contributed by atoms with E-state index >= 15 is 0 Å². The summed E-state index contributed by atoms with van der Waals surface area (Å²) in [5, 5.41) is 8.77. The molecule has 0 radical (unpaired) electrons. The van der Waals surface area contributed by atoms with Crippen molar-refractivity contribution in [2.75, 3.05) is 5.32 Å². The molecule has 3 heterocycles. The van der Waals surface area contributed by atoms with Crippen molar-refractivity contribution in [1.29, 1.82) is 0 Å². The first-order valence-electron chi connectivity index (χ1n) is 6.43. The van der Waals surface area contributed by atoms with Crippen LogP contribution in [0.25, 0.3) is 11.0 Å². The minimum absolute atomic E-state index is 0.322. The first-order chi connectivity index (χ1) is 9.24. The molecule has 19 heavy (non-hydrogen) atoms. The topological polar surface area (TPSA) is 58.5 Å². The summed E-state index contributed by atoms with van der Waals surface area (Å²) in [6, 6.07) is 6.45. The van der Waals surface area contributed by atoms with E-state index < -0.39 is 0 Å². The SMILES string of the molecule is CC(C)n1ncc2cc(NCc3ccc[nH]3)cnc21. The number of nitrogens with zero attached hydrogens (tertiary/aromatic N) is 3. The molecule has 5 heteroatoms. The summed E-state index contributed by atoms with van der Waals surface area (Å²) in [5.41, 5.74) is 3.09. The Bertz CT molecular complexity index is 666. The zero-order valence-corrected chi connectivity index (χ0v) is 11.1. The first kappa shape index (κ1) is 11.8. The fourth-order valence-electron chi connectivity index (χ4n) is 2.09. The van der Waals surface area contributed by atoms with Crippen molar-refractivity contribution in [1.82, 2.24) is 19.7 Å². The Labute approximate surface area is 111 Å². The molecule has 0 aliphatic heterocycles. The van der Waals surface area contributed by atoms with Gasteiger partial charge in [0.1, 0.15) is 0 Å². The Hall–Kier alpha value is -2.30. The van der Waals surface area contributed by atoms with Gasteiger partial charge in [-0.3, -0.25) is 0 Å². The second-order valence-electron chi connectivity index (χ2n) is 4.87. The molecule has 0 spiro atoms. The van der Waals surface area contributed by atoms with Gasteiger partial charge in [0, 0.05) is 23.3 Å². The van der Waals surface area contributed by atoms with Gasteiger partial charge in [0.2, 0.25) is 0 Å². The monoisotopic (exact) mass is 255 g/mol. The molecule has 0 atom stereocenters. The van der Waals surface area contributed by atoms with Gasteiger partial charge in [-0.05, 0) is 32.0 Å². The van der Waals surface area contributed by atoms with E-state index in [4.69, 9.17) is 0 Å². The van der Waals surface area contributed by atoms with Crippen molar-refractivity contribution >= 4 is 16.7 Å². The van der Waals surface area contributed by atoms with Gasteiger partial charge in [-0.25, -0.2) is 9.67 Å². The van der Waals surface area contributed by atoms with Crippen molar-refractivity contribution in [2.45, 2.75) is 26.4 Å². The van der Waals surface area contributed by atoms with Gasteiger partial charge in [-0.15, -0.1) is 0 Å². The van der Waals surface area contributed by atoms with Crippen molar-refractivity contribution in [2.24, 2.45) is 0 Å². The fourth-order valence-corrected chi connectivity index (χ4v) is 2.09. The standard InChI is InChI=1S/C14H17N5/c1-10(2)19-14-11(7-18-19)6-13(9-17-14)16-8-12-4-3-5-15-12/h3-7,9-10,15-16H,8H2,1-2H3. The van der Waals surface area contributed by atoms with Crippen LogP contribution in [0.1, 0.15) is 25.6 Å². The summed E-state index contributed by atoms with van der Waals surface area (Å²) < 4.78 is 1.93. The number of rotatable bonds is 4. The molecule has 0 saturated heterocycles. The van der Waals surface area contributed by atoms with Gasteiger partial charge in [-0.1, -0.05) is 0 Å². The van der Waals surface area contributed by atoms with Gasteiger partial charge in [-0.2, -0.15) is 5.10 Å². The van der Waals surface area contributed by atoms with Crippen LogP contribution in [0.2, 0.25) is 0 Å². The van der Waals surface area contributed by atoms with Crippen LogP contribution in [0.15, 0.2) is 36.8 Å². The molecule has 0 bridgehead atoms. The summed E-state index contributed by atoms with van der Waals surface area (Å²) >= 11 is 0. The van der Waals surface area contributed by atoms with E-state index in [9.17, 15) is 0 Å². The predicted molar refractivity (Wildman–Crippen MR) is 76.0 cm³/mol. The Morgan fingerprint density at radius 3 is 3.00 bits per heavy atom. The number of hydrogen-bond acceptors (Lipinski definition) is 3. The van der Waals surface area contributed by atoms with Crippen molar-refractivity contribution < 1.29 is 0 Å². The molecule has 5 nitrogen and oxygen atoms in total. The maximum Gasteiger partial charge on any atom is 0.158 e. The molecule has 3 aromatic rings. The number of pyridine rings is 1. The Balaban J connectivity index is 1.82. The fraction of sp³-hybridized carbons (Fsp3) is 0.286. The highest BCUT2D eigenvalue weighted by Gasteiger charge is 2.07. The zero-order chi connectivity index (χ0) is 13.2. The molecule has 2 N–H and O–H groups in total. The number of nitrogens with one attached hydrogen (secondary N) is 2. The van der Waals surface area contributed by atoms with E-state index in [1.54, 1.807) is 0 Å². The summed E-state index contributed by atoms with van der Waals surface area (Å²) in [5.74, 6) is 0. The quantitative estimate of drug-likeness (QED) is 0.753. The van der Waals surface area contributed by atoms with Crippen LogP contribution in [0.5, 0.6) is 0 Å². The molecule has 0 unspecified atom stereocenters. The third-order valence-corrected chi connectivity index (χ3v) is 3.07. The third kappa shape index (κ3) is 2.31. The second-order valence-corrected chi connectivity index (χ2v) is 4.87. The Kier molecular flexibility index (Phi) is 2.95. The highest BCUT2D eigenvalue weighted by atomic mass is 15.3. The van der Waals surface area contributed by atoms with Crippen molar-refractivity contribution in [3.05, 3.63) is 42.5 Å². The zero-order valence-electron chi connectivity index (χ0n) is 11.1. The minimum atomic E-state index is 0.322. The molecule has 0 saturated carbocycles. The molecule has 0 aliphatic carbocycles. The number of hydrogen-bond donors (Lipinski definition) is 2. The normalized spacial score (nSPS) is 11.3. The lowest BCUT2D eigenvalue weighted by molar-refractivity contribution is 0.546. The molecular weight excluding hydrogens is 238 g/mol. The second kappa shape index (κ2) is 4.76. The molecule has 0 fully saturated rings. The van der Waals surface area contributed by atoms with E-state index in [0.717, 1.165) is 29.0 Å². The third-order valence-electron chi connectivity index (χ3n) is 3.07. The smallest absolute Gasteiger partial charge is 0.158 e. The van der Waals surface area contributed by atoms with Crippen LogP contribution < -0.4 is 5.32 Å². The predicted octanol–water partition coefficient (Wildman–Crippen LogP) is 2.95. The van der Waals surface area contributed by atoms with Crippen LogP contribution in [0, 0.1) is 0 Å². The molecule has 98 valence electrons. The average molecular weight is 255 g/mol. The highest BCUT2D eigenvalue weighted by molar-refractivity contribution is 5.78. The van der Waals surface area contributed by atoms with Crippen molar-refractivity contribution in [3.8, 4) is 0 Å². The van der Waals surface area contributed by atoms with Crippen LogP contribution in [-0.4, -0.2) is 19.7 Å². The summed E-state index contributed by atoms with van der Waals surface area (Å²) in [7, 11) is 0. The van der Waals surface area contributed by atoms with Crippen LogP contribution in [0.3, 0.4) is 0 Å². The molecule has 0 aromatic carbocycles. The van der Waals surface area contributed by atoms with E-state index in [2.05, 4.69) is 46.4 Å². The van der Waals surface area contributed by atoms with Crippen LogP contribution in [-0.2, 0) is 6.54 Å². The number of aromatic amines is 1. The lowest BCUT2D eigenvalue weighted by atomic mass is 10.3. The summed E-state index contributed by atoms with van der Waals surface area (Å²) in [6.07, 6.45) is 5.64. The van der Waals surface area contributed by atoms with Crippen LogP contribution >= 0.6 is 0 Å². The number of fused-ring (bicyclic) bond motifs is 1. The lowest BCUT2D eigenvalue weighted by Crippen LogP contribution is -2.04. The van der Waals surface area contributed by atoms with E-state index in [0.29, 0.717) is 6.04 Å². The van der Waals surface area contributed by atoms with Gasteiger partial charge in [0.05, 0.1) is 24.6 Å².